The molecule has 2 aliphatic heterocycles. The van der Waals surface area contributed by atoms with Crippen molar-refractivity contribution < 1.29 is 4.42 Å². The third kappa shape index (κ3) is 0.586. The van der Waals surface area contributed by atoms with Crippen molar-refractivity contribution >= 4 is 0 Å². The molecule has 0 saturated carbocycles. The Kier molecular flexibility index (Phi) is 0.943. The first-order valence-electron chi connectivity index (χ1n) is 2.89. The van der Waals surface area contributed by atoms with Crippen molar-refractivity contribution in [3.8, 4) is 11.6 Å². The van der Waals surface area contributed by atoms with Gasteiger partial charge in [-0.2, -0.15) is 4.98 Å². The summed E-state index contributed by atoms with van der Waals surface area (Å²) in [6.45, 7) is 1.87. The second kappa shape index (κ2) is 1.76. The molecular weight excluding hydrogens is 130 g/mol. The van der Waals surface area contributed by atoms with E-state index >= 15 is 0 Å². The molecule has 4 nitrogen and oxygen atoms in total. The number of fused-ring (bicyclic) bond motifs is 1. The lowest BCUT2D eigenvalue weighted by Crippen LogP contribution is -1.86. The van der Waals surface area contributed by atoms with E-state index in [9.17, 15) is 0 Å². The fourth-order valence-corrected chi connectivity index (χ4v) is 0.806. The lowest BCUT2D eigenvalue weighted by atomic mass is 10.3. The molecule has 0 aliphatic carbocycles. The number of aromatic nitrogens is 3. The summed E-state index contributed by atoms with van der Waals surface area (Å²) in [5, 5.41) is 0. The SMILES string of the molecule is Cc1ncoc2ncnc1-2. The molecule has 0 saturated heterocycles. The number of hydrogen-bond acceptors (Lipinski definition) is 4. The largest absolute Gasteiger partial charge is 0.425 e. The third-order valence-electron chi connectivity index (χ3n) is 1.32. The normalized spacial score (nSPS) is 10.5. The molecule has 0 spiro atoms. The van der Waals surface area contributed by atoms with Gasteiger partial charge in [0.15, 0.2) is 6.39 Å². The smallest absolute Gasteiger partial charge is 0.249 e. The van der Waals surface area contributed by atoms with Crippen LogP contribution in [-0.4, -0.2) is 15.0 Å². The summed E-state index contributed by atoms with van der Waals surface area (Å²) < 4.78 is 4.95. The Bertz CT molecular complexity index is 317. The van der Waals surface area contributed by atoms with Crippen molar-refractivity contribution in [2.75, 3.05) is 0 Å². The average molecular weight is 135 g/mol. The number of aryl methyl sites for hydroxylation is 1. The number of rotatable bonds is 0. The summed E-state index contributed by atoms with van der Waals surface area (Å²) in [5.41, 5.74) is 1.58. The van der Waals surface area contributed by atoms with Gasteiger partial charge in [0.05, 0.1) is 5.69 Å². The minimum atomic E-state index is 0.549. The highest BCUT2D eigenvalue weighted by Crippen LogP contribution is 2.17. The quantitative estimate of drug-likeness (QED) is 0.538. The van der Waals surface area contributed by atoms with E-state index in [0.717, 1.165) is 11.4 Å². The Labute approximate surface area is 57.3 Å². The maximum atomic E-state index is 4.95. The number of imidazole rings is 1. The minimum absolute atomic E-state index is 0.549. The van der Waals surface area contributed by atoms with E-state index in [1.807, 2.05) is 6.92 Å². The molecule has 0 aromatic carbocycles. The van der Waals surface area contributed by atoms with Gasteiger partial charge in [-0.1, -0.05) is 0 Å². The molecule has 0 N–H and O–H groups in total. The molecule has 0 aromatic heterocycles. The van der Waals surface area contributed by atoms with E-state index in [2.05, 4.69) is 15.0 Å². The van der Waals surface area contributed by atoms with Crippen molar-refractivity contribution in [2.45, 2.75) is 6.92 Å². The molecule has 4 heteroatoms. The maximum Gasteiger partial charge on any atom is 0.249 e. The van der Waals surface area contributed by atoms with E-state index in [0.29, 0.717) is 5.89 Å². The van der Waals surface area contributed by atoms with E-state index in [4.69, 9.17) is 4.42 Å². The highest BCUT2D eigenvalue weighted by molar-refractivity contribution is 5.49. The Balaban J connectivity index is 2.80. The van der Waals surface area contributed by atoms with Crippen molar-refractivity contribution in [2.24, 2.45) is 0 Å². The number of nitrogens with zero attached hydrogens (tertiary/aromatic N) is 3. The fraction of sp³-hybridized carbons (Fsp3) is 0.167. The molecule has 2 heterocycles. The summed E-state index contributed by atoms with van der Waals surface area (Å²) in [5.74, 6) is 0.549. The van der Waals surface area contributed by atoms with E-state index in [-0.39, 0.29) is 0 Å². The zero-order chi connectivity index (χ0) is 6.97. The Morgan fingerprint density at radius 1 is 1.30 bits per heavy atom. The van der Waals surface area contributed by atoms with Gasteiger partial charge in [0.2, 0.25) is 5.89 Å². The second-order valence-corrected chi connectivity index (χ2v) is 1.97. The molecule has 50 valence electrons. The molecule has 0 atom stereocenters. The Hall–Kier alpha value is -1.45. The van der Waals surface area contributed by atoms with Crippen LogP contribution in [0.15, 0.2) is 17.1 Å². The maximum absolute atomic E-state index is 4.95. The molecule has 0 aromatic rings. The third-order valence-corrected chi connectivity index (χ3v) is 1.32. The zero-order valence-electron chi connectivity index (χ0n) is 5.40. The van der Waals surface area contributed by atoms with Crippen LogP contribution in [0.3, 0.4) is 0 Å². The van der Waals surface area contributed by atoms with Crippen LogP contribution in [0.5, 0.6) is 0 Å². The predicted molar refractivity (Wildman–Crippen MR) is 33.5 cm³/mol. The zero-order valence-corrected chi connectivity index (χ0v) is 5.40. The van der Waals surface area contributed by atoms with Crippen LogP contribution in [0.2, 0.25) is 0 Å². The molecule has 2 rings (SSSR count). The van der Waals surface area contributed by atoms with E-state index in [1.54, 1.807) is 0 Å². The van der Waals surface area contributed by atoms with Crippen LogP contribution < -0.4 is 0 Å². The molecular formula is C6H5N3O. The average Bonchev–Trinajstić information content (AvgIpc) is 2.36. The summed E-state index contributed by atoms with van der Waals surface area (Å²) in [6, 6.07) is 0. The first-order valence-corrected chi connectivity index (χ1v) is 2.89. The summed E-state index contributed by atoms with van der Waals surface area (Å²) >= 11 is 0. The molecule has 0 radical (unpaired) electrons. The van der Waals surface area contributed by atoms with Gasteiger partial charge in [-0.05, 0) is 6.92 Å². The van der Waals surface area contributed by atoms with Crippen molar-refractivity contribution in [1.82, 2.24) is 15.0 Å². The first-order chi connectivity index (χ1) is 4.88. The highest BCUT2D eigenvalue weighted by atomic mass is 16.3. The van der Waals surface area contributed by atoms with Gasteiger partial charge in [-0.25, -0.2) is 9.97 Å². The topological polar surface area (TPSA) is 51.8 Å². The molecule has 0 unspecified atom stereocenters. The molecule has 0 fully saturated rings. The van der Waals surface area contributed by atoms with Gasteiger partial charge in [-0.3, -0.25) is 0 Å². The van der Waals surface area contributed by atoms with Crippen LogP contribution >= 0.6 is 0 Å². The summed E-state index contributed by atoms with van der Waals surface area (Å²) in [6.07, 6.45) is 2.83. The highest BCUT2D eigenvalue weighted by Gasteiger charge is 2.09. The Morgan fingerprint density at radius 3 is 3.00 bits per heavy atom. The second-order valence-electron chi connectivity index (χ2n) is 1.97. The van der Waals surface area contributed by atoms with Crippen molar-refractivity contribution in [3.05, 3.63) is 18.4 Å². The van der Waals surface area contributed by atoms with E-state index < -0.39 is 0 Å². The molecule has 0 bridgehead atoms. The van der Waals surface area contributed by atoms with Crippen molar-refractivity contribution in [1.29, 1.82) is 0 Å². The first kappa shape index (κ1) is 5.34. The predicted octanol–water partition coefficient (Wildman–Crippen LogP) is 0.878. The molecule has 0 amide bonds. The fourth-order valence-electron chi connectivity index (χ4n) is 0.806. The van der Waals surface area contributed by atoms with Crippen LogP contribution in [0.25, 0.3) is 11.6 Å². The van der Waals surface area contributed by atoms with Gasteiger partial charge in [0.25, 0.3) is 0 Å². The van der Waals surface area contributed by atoms with Gasteiger partial charge in [-0.15, -0.1) is 0 Å². The number of hydrogen-bond donors (Lipinski definition) is 0. The minimum Gasteiger partial charge on any atom is -0.425 e. The van der Waals surface area contributed by atoms with Crippen LogP contribution in [0.4, 0.5) is 0 Å². The van der Waals surface area contributed by atoms with Crippen LogP contribution in [0.1, 0.15) is 5.69 Å². The lowest BCUT2D eigenvalue weighted by Gasteiger charge is -1.94. The van der Waals surface area contributed by atoms with Crippen LogP contribution in [0, 0.1) is 6.92 Å². The van der Waals surface area contributed by atoms with Gasteiger partial charge >= 0.3 is 0 Å². The molecule has 2 aliphatic rings. The van der Waals surface area contributed by atoms with Gasteiger partial charge in [0, 0.05) is 0 Å². The van der Waals surface area contributed by atoms with Gasteiger partial charge < -0.3 is 4.42 Å². The summed E-state index contributed by atoms with van der Waals surface area (Å²) in [7, 11) is 0. The monoisotopic (exact) mass is 135 g/mol. The van der Waals surface area contributed by atoms with Gasteiger partial charge in [0.1, 0.15) is 12.0 Å². The van der Waals surface area contributed by atoms with Crippen LogP contribution in [-0.2, 0) is 0 Å². The standard InChI is InChI=1S/C6H5N3O/c1-4-5-6(8-2-7-5)10-3-9-4/h2-3H,1H3. The Morgan fingerprint density at radius 2 is 2.20 bits per heavy atom. The summed E-state index contributed by atoms with van der Waals surface area (Å²) in [4.78, 5) is 11.7. The molecule has 10 heavy (non-hydrogen) atoms. The van der Waals surface area contributed by atoms with Crippen molar-refractivity contribution in [3.63, 3.8) is 0 Å². The van der Waals surface area contributed by atoms with E-state index in [1.165, 1.54) is 12.7 Å². The lowest BCUT2D eigenvalue weighted by molar-refractivity contribution is 0.525.